The lowest BCUT2D eigenvalue weighted by atomic mass is 10.3. The molecule has 0 saturated carbocycles. The maximum atomic E-state index is 9.28. The molecule has 5 heteroatoms. The lowest BCUT2D eigenvalue weighted by molar-refractivity contribution is 0.183. The van der Waals surface area contributed by atoms with Crippen LogP contribution in [0.4, 0.5) is 5.95 Å². The Hall–Kier alpha value is -1.36. The van der Waals surface area contributed by atoms with Gasteiger partial charge in [0.1, 0.15) is 0 Å². The number of aliphatic hydroxyl groups is 1. The zero-order valence-electron chi connectivity index (χ0n) is 8.40. The Labute approximate surface area is 83.2 Å². The zero-order chi connectivity index (χ0) is 10.4. The van der Waals surface area contributed by atoms with Gasteiger partial charge in [-0.25, -0.2) is 9.97 Å². The zero-order valence-corrected chi connectivity index (χ0v) is 8.40. The van der Waals surface area contributed by atoms with Crippen LogP contribution >= 0.6 is 0 Å². The number of methoxy groups -OCH3 is 1. The van der Waals surface area contributed by atoms with Crippen molar-refractivity contribution in [3.05, 3.63) is 12.4 Å². The van der Waals surface area contributed by atoms with Crippen LogP contribution < -0.4 is 10.1 Å². The molecule has 0 radical (unpaired) electrons. The van der Waals surface area contributed by atoms with Crippen LogP contribution in [-0.2, 0) is 0 Å². The summed E-state index contributed by atoms with van der Waals surface area (Å²) in [5.74, 6) is 1.12. The van der Waals surface area contributed by atoms with Crippen LogP contribution in [0.1, 0.15) is 13.3 Å². The number of anilines is 1. The number of aliphatic hydroxyl groups excluding tert-OH is 1. The second-order valence-corrected chi connectivity index (χ2v) is 2.89. The van der Waals surface area contributed by atoms with E-state index in [1.807, 2.05) is 6.92 Å². The SMILES string of the molecule is CCC(O)CNc1ncc(OC)cn1. The molecule has 0 aliphatic heterocycles. The predicted molar refractivity (Wildman–Crippen MR) is 53.4 cm³/mol. The second-order valence-electron chi connectivity index (χ2n) is 2.89. The third-order valence-corrected chi connectivity index (χ3v) is 1.83. The second kappa shape index (κ2) is 5.39. The van der Waals surface area contributed by atoms with Gasteiger partial charge in [0.25, 0.3) is 0 Å². The summed E-state index contributed by atoms with van der Waals surface area (Å²) in [5, 5.41) is 12.2. The van der Waals surface area contributed by atoms with Crippen LogP contribution in [0.3, 0.4) is 0 Å². The average Bonchev–Trinajstić information content (AvgIpc) is 2.26. The molecule has 0 aliphatic carbocycles. The molecule has 14 heavy (non-hydrogen) atoms. The third-order valence-electron chi connectivity index (χ3n) is 1.83. The topological polar surface area (TPSA) is 67.3 Å². The molecule has 0 saturated heterocycles. The highest BCUT2D eigenvalue weighted by molar-refractivity contribution is 5.26. The number of hydrogen-bond acceptors (Lipinski definition) is 5. The van der Waals surface area contributed by atoms with E-state index >= 15 is 0 Å². The van der Waals surface area contributed by atoms with Crippen molar-refractivity contribution in [2.75, 3.05) is 19.0 Å². The molecule has 0 aliphatic rings. The monoisotopic (exact) mass is 197 g/mol. The van der Waals surface area contributed by atoms with Gasteiger partial charge in [-0.15, -0.1) is 0 Å². The fraction of sp³-hybridized carbons (Fsp3) is 0.556. The normalized spacial score (nSPS) is 12.2. The first-order valence-corrected chi connectivity index (χ1v) is 4.54. The quantitative estimate of drug-likeness (QED) is 0.726. The predicted octanol–water partition coefficient (Wildman–Crippen LogP) is 0.668. The van der Waals surface area contributed by atoms with E-state index in [2.05, 4.69) is 15.3 Å². The van der Waals surface area contributed by atoms with Crippen molar-refractivity contribution >= 4 is 5.95 Å². The van der Waals surface area contributed by atoms with Crippen molar-refractivity contribution in [2.45, 2.75) is 19.4 Å². The van der Waals surface area contributed by atoms with Crippen LogP contribution in [0.2, 0.25) is 0 Å². The summed E-state index contributed by atoms with van der Waals surface area (Å²) in [7, 11) is 1.56. The standard InChI is InChI=1S/C9H15N3O2/c1-3-7(13)4-10-9-11-5-8(14-2)6-12-9/h5-7,13H,3-4H2,1-2H3,(H,10,11,12). The molecule has 5 nitrogen and oxygen atoms in total. The first-order valence-electron chi connectivity index (χ1n) is 4.54. The smallest absolute Gasteiger partial charge is 0.222 e. The van der Waals surface area contributed by atoms with Gasteiger partial charge in [-0.1, -0.05) is 6.92 Å². The number of nitrogens with zero attached hydrogens (tertiary/aromatic N) is 2. The number of ether oxygens (including phenoxy) is 1. The van der Waals surface area contributed by atoms with E-state index in [-0.39, 0.29) is 6.10 Å². The summed E-state index contributed by atoms with van der Waals surface area (Å²) in [6.45, 7) is 2.38. The van der Waals surface area contributed by atoms with E-state index in [9.17, 15) is 5.11 Å². The highest BCUT2D eigenvalue weighted by atomic mass is 16.5. The third kappa shape index (κ3) is 3.18. The van der Waals surface area contributed by atoms with Crippen molar-refractivity contribution in [1.29, 1.82) is 0 Å². The lowest BCUT2D eigenvalue weighted by Crippen LogP contribution is -2.19. The number of nitrogens with one attached hydrogen (secondary N) is 1. The molecule has 1 rings (SSSR count). The Bertz CT molecular complexity index is 263. The van der Waals surface area contributed by atoms with Gasteiger partial charge < -0.3 is 15.2 Å². The van der Waals surface area contributed by atoms with Crippen molar-refractivity contribution in [1.82, 2.24) is 9.97 Å². The van der Waals surface area contributed by atoms with Crippen molar-refractivity contribution in [3.63, 3.8) is 0 Å². The van der Waals surface area contributed by atoms with E-state index in [4.69, 9.17) is 4.74 Å². The Morgan fingerprint density at radius 2 is 2.14 bits per heavy atom. The molecule has 2 N–H and O–H groups in total. The van der Waals surface area contributed by atoms with Gasteiger partial charge in [0, 0.05) is 6.54 Å². The molecule has 0 fully saturated rings. The van der Waals surface area contributed by atoms with Crippen LogP contribution in [0.15, 0.2) is 12.4 Å². The van der Waals surface area contributed by atoms with Gasteiger partial charge in [-0.05, 0) is 6.42 Å². The summed E-state index contributed by atoms with van der Waals surface area (Å²) < 4.78 is 4.91. The van der Waals surface area contributed by atoms with Crippen molar-refractivity contribution in [3.8, 4) is 5.75 Å². The molecular weight excluding hydrogens is 182 g/mol. The van der Waals surface area contributed by atoms with Crippen molar-refractivity contribution in [2.24, 2.45) is 0 Å². The highest BCUT2D eigenvalue weighted by Gasteiger charge is 2.01. The fourth-order valence-corrected chi connectivity index (χ4v) is 0.866. The summed E-state index contributed by atoms with van der Waals surface area (Å²) in [6, 6.07) is 0. The molecular formula is C9H15N3O2. The van der Waals surface area contributed by atoms with E-state index in [0.29, 0.717) is 24.7 Å². The highest BCUT2D eigenvalue weighted by Crippen LogP contribution is 2.07. The number of aromatic nitrogens is 2. The fourth-order valence-electron chi connectivity index (χ4n) is 0.866. The summed E-state index contributed by atoms with van der Waals surface area (Å²) in [6.07, 6.45) is 3.51. The Balaban J connectivity index is 2.43. The maximum Gasteiger partial charge on any atom is 0.222 e. The summed E-state index contributed by atoms with van der Waals surface area (Å²) in [4.78, 5) is 7.99. The van der Waals surface area contributed by atoms with Gasteiger partial charge in [-0.3, -0.25) is 0 Å². The Morgan fingerprint density at radius 1 is 1.50 bits per heavy atom. The van der Waals surface area contributed by atoms with E-state index < -0.39 is 0 Å². The minimum absolute atomic E-state index is 0.360. The number of hydrogen-bond donors (Lipinski definition) is 2. The van der Waals surface area contributed by atoms with Crippen LogP contribution in [0.5, 0.6) is 5.75 Å². The van der Waals surface area contributed by atoms with Gasteiger partial charge in [-0.2, -0.15) is 0 Å². The number of rotatable bonds is 5. The minimum atomic E-state index is -0.360. The maximum absolute atomic E-state index is 9.28. The minimum Gasteiger partial charge on any atom is -0.494 e. The average molecular weight is 197 g/mol. The molecule has 78 valence electrons. The first-order chi connectivity index (χ1) is 6.76. The van der Waals surface area contributed by atoms with E-state index in [1.165, 1.54) is 0 Å². The van der Waals surface area contributed by atoms with E-state index in [0.717, 1.165) is 0 Å². The molecule has 1 aromatic rings. The Kier molecular flexibility index (Phi) is 4.12. The summed E-state index contributed by atoms with van der Waals surface area (Å²) in [5.41, 5.74) is 0. The molecule has 0 spiro atoms. The van der Waals surface area contributed by atoms with Gasteiger partial charge in [0.2, 0.25) is 5.95 Å². The van der Waals surface area contributed by atoms with Crippen LogP contribution in [0.25, 0.3) is 0 Å². The summed E-state index contributed by atoms with van der Waals surface area (Å²) >= 11 is 0. The molecule has 1 aromatic heterocycles. The van der Waals surface area contributed by atoms with Crippen LogP contribution in [0, 0.1) is 0 Å². The molecule has 1 atom stereocenters. The molecule has 0 amide bonds. The lowest BCUT2D eigenvalue weighted by Gasteiger charge is -2.08. The first kappa shape index (κ1) is 10.7. The van der Waals surface area contributed by atoms with Gasteiger partial charge in [0.15, 0.2) is 5.75 Å². The Morgan fingerprint density at radius 3 is 2.64 bits per heavy atom. The molecule has 0 aromatic carbocycles. The molecule has 1 unspecified atom stereocenters. The van der Waals surface area contributed by atoms with Gasteiger partial charge in [0.05, 0.1) is 25.6 Å². The van der Waals surface area contributed by atoms with Crippen molar-refractivity contribution < 1.29 is 9.84 Å². The van der Waals surface area contributed by atoms with E-state index in [1.54, 1.807) is 19.5 Å². The molecule has 0 bridgehead atoms. The molecule has 1 heterocycles. The largest absolute Gasteiger partial charge is 0.494 e. The van der Waals surface area contributed by atoms with Crippen LogP contribution in [-0.4, -0.2) is 34.8 Å². The van der Waals surface area contributed by atoms with Gasteiger partial charge >= 0.3 is 0 Å².